The van der Waals surface area contributed by atoms with Crippen LogP contribution in [0, 0.1) is 0 Å². The molecule has 0 aliphatic heterocycles. The molecule has 10 aromatic rings. The van der Waals surface area contributed by atoms with Gasteiger partial charge in [0, 0.05) is 76.1 Å². The predicted molar refractivity (Wildman–Crippen MR) is 545 cm³/mol. The zero-order chi connectivity index (χ0) is 107. The normalized spacial score (nSPS) is 12.0. The minimum atomic E-state index is -2.60. The molecule has 0 bridgehead atoms. The number of ether oxygens (including phenoxy) is 12. The van der Waals surface area contributed by atoms with Crippen LogP contribution in [0.1, 0.15) is 108 Å². The fourth-order valence-electron chi connectivity index (χ4n) is 13.9. The van der Waals surface area contributed by atoms with Gasteiger partial charge in [-0.15, -0.1) is 0 Å². The summed E-state index contributed by atoms with van der Waals surface area (Å²) in [6.45, 7) is -1.51. The van der Waals surface area contributed by atoms with E-state index in [1.807, 2.05) is 42.5 Å². The van der Waals surface area contributed by atoms with E-state index in [4.69, 9.17) is 65.9 Å². The van der Waals surface area contributed by atoms with E-state index in [2.05, 4.69) is 72.7 Å². The van der Waals surface area contributed by atoms with E-state index >= 15 is 0 Å². The maximum atomic E-state index is 13.1. The third kappa shape index (κ3) is 46.0. The molecule has 0 saturated heterocycles. The second-order valence-electron chi connectivity index (χ2n) is 33.0. The molecule has 10 aromatic carbocycles. The van der Waals surface area contributed by atoms with E-state index in [1.165, 1.54) is 0 Å². The molecule has 0 saturated carbocycles. The lowest BCUT2D eigenvalue weighted by Crippen LogP contribution is -2.46. The molecule has 0 aliphatic carbocycles. The fourth-order valence-corrected chi connectivity index (χ4v) is 14.2. The predicted octanol–water partition coefficient (Wildman–Crippen LogP) is 15.6. The number of carboxylic acids is 1. The van der Waals surface area contributed by atoms with Gasteiger partial charge >= 0.3 is 102 Å². The Labute approximate surface area is 864 Å². The van der Waals surface area contributed by atoms with Crippen molar-refractivity contribution < 1.29 is 161 Å². The first-order chi connectivity index (χ1) is 72.3. The first-order valence-electron chi connectivity index (χ1n) is 46.6. The van der Waals surface area contributed by atoms with Crippen LogP contribution in [0.4, 0.5) is 105 Å². The number of aliphatic hydroxyl groups excluding tert-OH is 2. The topological polar surface area (TPSA) is 631 Å². The van der Waals surface area contributed by atoms with Gasteiger partial charge in [-0.1, -0.05) is 121 Å². The van der Waals surface area contributed by atoms with Gasteiger partial charge in [-0.2, -0.15) is 27.9 Å². The molecule has 796 valence electrons. The van der Waals surface area contributed by atoms with E-state index in [0.717, 1.165) is 57.0 Å². The van der Waals surface area contributed by atoms with Crippen molar-refractivity contribution in [3.63, 3.8) is 0 Å². The minimum Gasteiger partial charge on any atom is -0.478 e. The first-order valence-corrected chi connectivity index (χ1v) is 48.6. The SMILES string of the molecule is CC(COC(=O)Nc1cccc(Cc2cccc(NC(=O)OCCCCOC(=O)Nc3cccc(Cc4cccc(NC(=O)OCCOCCOC(=O)CCCCC(=O)OC(=O)Nc5cccc(Cc6cccc(NC(=O)OCCCOC(=O)Nc7cccc(Cc8cccc(NC(=O)OCC(O)CNOS(=O)O)c8)c7)c6)c5)c4)c3)c2)c1)(OC(=O)Nc1cccc(Cc2cccc(NC(=O)OCC(O)CNOS(=O)O)c2)c1)C(=O)O. The molecule has 0 aromatic heterocycles. The van der Waals surface area contributed by atoms with Gasteiger partial charge in [-0.25, -0.2) is 52.7 Å². The average Bonchev–Trinajstić information content (AvgIpc) is 0.839. The number of hydroxylamine groups is 2. The number of carboxylic acid groups (broad SMARTS) is 1. The summed E-state index contributed by atoms with van der Waals surface area (Å²) in [5, 5.41) is 55.9. The van der Waals surface area contributed by atoms with E-state index in [0.29, 0.717) is 102 Å². The molecule has 5 unspecified atom stereocenters. The van der Waals surface area contributed by atoms with Crippen LogP contribution in [0.5, 0.6) is 0 Å². The maximum Gasteiger partial charge on any atom is 0.419 e. The molecule has 5 atom stereocenters. The lowest BCUT2D eigenvalue weighted by atomic mass is 10.0. The molecule has 46 nitrogen and oxygen atoms in total. The molecule has 0 fully saturated rings. The molecule has 48 heteroatoms. The Kier molecular flexibility index (Phi) is 48.0. The zero-order valence-corrected chi connectivity index (χ0v) is 82.5. The summed E-state index contributed by atoms with van der Waals surface area (Å²) < 4.78 is 109. The largest absolute Gasteiger partial charge is 0.478 e. The highest BCUT2D eigenvalue weighted by atomic mass is 32.2. The van der Waals surface area contributed by atoms with E-state index in [-0.39, 0.29) is 104 Å². The van der Waals surface area contributed by atoms with E-state index in [1.54, 1.807) is 200 Å². The van der Waals surface area contributed by atoms with Crippen LogP contribution < -0.4 is 64.1 Å². The van der Waals surface area contributed by atoms with E-state index < -0.39 is 139 Å². The number of aliphatic hydroxyl groups is 2. The summed E-state index contributed by atoms with van der Waals surface area (Å²) >= 11 is -5.18. The molecule has 0 aliphatic rings. The van der Waals surface area contributed by atoms with Gasteiger partial charge in [-0.05, 0) is 242 Å². The maximum absolute atomic E-state index is 13.1. The summed E-state index contributed by atoms with van der Waals surface area (Å²) in [7, 11) is 0. The Morgan fingerprint density at radius 1 is 0.287 bits per heavy atom. The Morgan fingerprint density at radius 2 is 0.527 bits per heavy atom. The van der Waals surface area contributed by atoms with Crippen molar-refractivity contribution in [1.29, 1.82) is 0 Å². The summed E-state index contributed by atoms with van der Waals surface area (Å²) in [6.07, 6.45) is -7.80. The van der Waals surface area contributed by atoms with Crippen LogP contribution in [-0.4, -0.2) is 215 Å². The molecule has 10 rings (SSSR count). The molecule has 10 amide bonds. The van der Waals surface area contributed by atoms with Gasteiger partial charge in [-0.3, -0.25) is 71.9 Å². The Balaban J connectivity index is 0.512. The molecular weight excluding hydrogens is 2000 g/mol. The summed E-state index contributed by atoms with van der Waals surface area (Å²) in [4.78, 5) is 164. The molecule has 0 spiro atoms. The first kappa shape index (κ1) is 115. The number of anilines is 10. The van der Waals surface area contributed by atoms with Gasteiger partial charge in [0.25, 0.3) is 0 Å². The number of hydrogen-bond acceptors (Lipinski definition) is 33. The molecule has 17 N–H and O–H groups in total. The quantitative estimate of drug-likeness (QED) is 0.00420. The number of carbonyl (C=O) groups excluding carboxylic acids is 12. The van der Waals surface area contributed by atoms with Crippen molar-refractivity contribution in [2.45, 2.75) is 102 Å². The summed E-state index contributed by atoms with van der Waals surface area (Å²) in [6, 6.07) is 69.0. The van der Waals surface area contributed by atoms with Crippen molar-refractivity contribution >= 4 is 158 Å². The van der Waals surface area contributed by atoms with Crippen LogP contribution in [0.2, 0.25) is 0 Å². The number of carbonyl (C=O) groups is 13. The lowest BCUT2D eigenvalue weighted by molar-refractivity contribution is -0.160. The third-order valence-corrected chi connectivity index (χ3v) is 21.2. The van der Waals surface area contributed by atoms with Gasteiger partial charge < -0.3 is 72.2 Å². The summed E-state index contributed by atoms with van der Waals surface area (Å²) in [5.41, 5.74) is 13.6. The van der Waals surface area contributed by atoms with Gasteiger partial charge in [0.15, 0.2) is 0 Å². The minimum absolute atomic E-state index is 0.00504. The highest BCUT2D eigenvalue weighted by Crippen LogP contribution is 2.27. The number of benzene rings is 10. The Hall–Kier alpha value is -16.6. The van der Waals surface area contributed by atoms with Crippen LogP contribution in [0.25, 0.3) is 0 Å². The van der Waals surface area contributed by atoms with Crippen molar-refractivity contribution in [3.8, 4) is 0 Å². The monoisotopic (exact) mass is 2110 g/mol. The molecule has 0 radical (unpaired) electrons. The zero-order valence-electron chi connectivity index (χ0n) is 80.8. The molecule has 0 heterocycles. The smallest absolute Gasteiger partial charge is 0.419 e. The van der Waals surface area contributed by atoms with Crippen molar-refractivity contribution in [2.75, 3.05) is 139 Å². The number of esters is 2. The van der Waals surface area contributed by atoms with Crippen LogP contribution >= 0.6 is 0 Å². The highest BCUT2D eigenvalue weighted by molar-refractivity contribution is 7.74. The standard InChI is InChI=1S/C102H112N12O34S2/c1-102(91(119)120,146-101(130)114-86-36-15-26-76(61-86)51-73-23-12-33-83(58-73)111-98(127)143-65-88(116)63-104-148-150(133)134)66-144-99(128)112-84-34-13-24-74(59-84)49-69-18-7-28-78(53-69)106-93(122)138-40-5-4-39-137-92(121)105-77-27-6-17-67(52-77)47-70-21-10-31-81(56-70)109-96(125)141-46-44-135-43-45-136-89(117)37-2-3-38-90(118)145-100(129)113-85-35-14-25-75(60-85)50-71-20-9-30-80(55-71)108-95(124)140-42-16-41-139-94(123)107-79-29-8-19-68(54-79)48-72-22-11-32-82(57-72)110-97(126)142-64-87(115)62-103-147-149(131)132/h6-15,17-36,52-61,87-88,103-104,115-116H,2-5,16,37-51,62-66H2,1H3,(H,105,121)(H,106,122)(H,107,123)(H,108,124)(H,109,125)(H,110,126)(H,111,127)(H,112,128)(H,113,129)(H,114,130)(H,119,120)(H,131,132)(H,133,134). The second kappa shape index (κ2) is 62.4. The third-order valence-electron chi connectivity index (χ3n) is 20.7. The van der Waals surface area contributed by atoms with Gasteiger partial charge in [0.1, 0.15) is 45.2 Å². The van der Waals surface area contributed by atoms with Gasteiger partial charge in [0.05, 0.1) is 52.7 Å². The lowest BCUT2D eigenvalue weighted by Gasteiger charge is -2.24. The summed E-state index contributed by atoms with van der Waals surface area (Å²) in [5.74, 6) is -2.95. The number of hydrogen-bond donors (Lipinski definition) is 17. The Bertz CT molecular complexity index is 6290. The Morgan fingerprint density at radius 3 is 0.807 bits per heavy atom. The fraction of sp³-hybridized carbons (Fsp3) is 0.284. The number of nitrogens with one attached hydrogen (secondary N) is 12. The van der Waals surface area contributed by atoms with E-state index in [9.17, 15) is 86.1 Å². The average molecular weight is 2110 g/mol. The van der Waals surface area contributed by atoms with Crippen LogP contribution in [0.15, 0.2) is 243 Å². The number of aliphatic carboxylic acids is 1. The van der Waals surface area contributed by atoms with Crippen LogP contribution in [0.3, 0.4) is 0 Å². The second-order valence-corrected chi connectivity index (χ2v) is 34.2. The number of rotatable bonds is 56. The van der Waals surface area contributed by atoms with Crippen LogP contribution in [-0.2, 0) is 135 Å². The van der Waals surface area contributed by atoms with Gasteiger partial charge in [0.2, 0.25) is 5.60 Å². The molecule has 150 heavy (non-hydrogen) atoms. The van der Waals surface area contributed by atoms with Crippen molar-refractivity contribution in [2.24, 2.45) is 0 Å². The molecular formula is C102H112N12O34S2. The van der Waals surface area contributed by atoms with Crippen molar-refractivity contribution in [1.82, 2.24) is 11.0 Å². The number of unbranched alkanes of at least 4 members (excludes halogenated alkanes) is 2. The number of amides is 10. The highest BCUT2D eigenvalue weighted by Gasteiger charge is 2.40. The van der Waals surface area contributed by atoms with Crippen molar-refractivity contribution in [3.05, 3.63) is 298 Å².